The summed E-state index contributed by atoms with van der Waals surface area (Å²) in [6, 6.07) is 17.5. The molecule has 0 aliphatic rings. The molecule has 1 N–H and O–H groups in total. The molecular weight excluding hydrogens is 336 g/mol. The molecule has 140 valence electrons. The Morgan fingerprint density at radius 3 is 2.56 bits per heavy atom. The molecule has 0 fully saturated rings. The zero-order chi connectivity index (χ0) is 19.2. The molecule has 0 radical (unpaired) electrons. The summed E-state index contributed by atoms with van der Waals surface area (Å²) >= 11 is 0. The number of pyridine rings is 1. The van der Waals surface area contributed by atoms with Crippen molar-refractivity contribution in [3.05, 3.63) is 60.2 Å². The summed E-state index contributed by atoms with van der Waals surface area (Å²) in [5.41, 5.74) is 3.22. The van der Waals surface area contributed by atoms with E-state index in [1.165, 1.54) is 0 Å². The number of nitrogens with zero attached hydrogens (tertiary/aromatic N) is 1. The van der Waals surface area contributed by atoms with Gasteiger partial charge in [0.2, 0.25) is 0 Å². The predicted octanol–water partition coefficient (Wildman–Crippen LogP) is 5.08. The Bertz CT molecular complexity index is 917. The van der Waals surface area contributed by atoms with Crippen LogP contribution < -0.4 is 10.1 Å². The summed E-state index contributed by atoms with van der Waals surface area (Å²) in [5.74, 6) is 1.33. The highest BCUT2D eigenvalue weighted by Gasteiger charge is 2.14. The van der Waals surface area contributed by atoms with E-state index >= 15 is 0 Å². The van der Waals surface area contributed by atoms with E-state index in [0.717, 1.165) is 34.3 Å². The van der Waals surface area contributed by atoms with Gasteiger partial charge in [-0.25, -0.2) is 4.98 Å². The number of benzene rings is 2. The fraction of sp³-hybridized carbons (Fsp3) is 0.304. The molecule has 4 heteroatoms. The van der Waals surface area contributed by atoms with Gasteiger partial charge in [-0.05, 0) is 55.7 Å². The Balaban J connectivity index is 1.96. The minimum Gasteiger partial charge on any atom is -0.494 e. The normalized spacial score (nSPS) is 11.0. The highest BCUT2D eigenvalue weighted by Crippen LogP contribution is 2.26. The maximum Gasteiger partial charge on any atom is 0.252 e. The molecule has 0 bridgehead atoms. The molecule has 0 saturated carbocycles. The first-order valence-electron chi connectivity index (χ1n) is 9.49. The topological polar surface area (TPSA) is 51.2 Å². The van der Waals surface area contributed by atoms with Crippen LogP contribution in [0.15, 0.2) is 54.6 Å². The lowest BCUT2D eigenvalue weighted by atomic mass is 10.0. The molecule has 4 nitrogen and oxygen atoms in total. The van der Waals surface area contributed by atoms with Crippen molar-refractivity contribution in [3.63, 3.8) is 0 Å². The van der Waals surface area contributed by atoms with Crippen LogP contribution in [-0.2, 0) is 0 Å². The van der Waals surface area contributed by atoms with E-state index in [0.29, 0.717) is 24.6 Å². The third-order valence-electron chi connectivity index (χ3n) is 4.43. The van der Waals surface area contributed by atoms with Crippen LogP contribution >= 0.6 is 0 Å². The minimum absolute atomic E-state index is 0.0542. The summed E-state index contributed by atoms with van der Waals surface area (Å²) in [6.45, 7) is 7.57. The second kappa shape index (κ2) is 8.67. The van der Waals surface area contributed by atoms with Gasteiger partial charge in [0.05, 0.1) is 23.4 Å². The third kappa shape index (κ3) is 4.64. The largest absolute Gasteiger partial charge is 0.494 e. The molecule has 0 unspecified atom stereocenters. The highest BCUT2D eigenvalue weighted by atomic mass is 16.5. The predicted molar refractivity (Wildman–Crippen MR) is 110 cm³/mol. The van der Waals surface area contributed by atoms with Crippen molar-refractivity contribution in [3.8, 4) is 17.0 Å². The standard InChI is InChI=1S/C23H26N2O2/c1-4-27-18-11-9-17(10-12-18)22-15-20(23(26)24-14-13-16(2)3)19-7-5-6-8-21(19)25-22/h5-12,15-16H,4,13-14H2,1-3H3,(H,24,26). The first kappa shape index (κ1) is 18.9. The van der Waals surface area contributed by atoms with Gasteiger partial charge in [0.1, 0.15) is 5.75 Å². The Kier molecular flexibility index (Phi) is 6.07. The van der Waals surface area contributed by atoms with Crippen molar-refractivity contribution in [1.82, 2.24) is 10.3 Å². The maximum atomic E-state index is 12.8. The quantitative estimate of drug-likeness (QED) is 0.638. The zero-order valence-corrected chi connectivity index (χ0v) is 16.2. The molecule has 0 saturated heterocycles. The van der Waals surface area contributed by atoms with E-state index in [1.54, 1.807) is 0 Å². The van der Waals surface area contributed by atoms with E-state index in [-0.39, 0.29) is 5.91 Å². The van der Waals surface area contributed by atoms with Gasteiger partial charge in [0.25, 0.3) is 5.91 Å². The Morgan fingerprint density at radius 2 is 1.85 bits per heavy atom. The summed E-state index contributed by atoms with van der Waals surface area (Å²) in [6.07, 6.45) is 0.959. The molecule has 0 spiro atoms. The average molecular weight is 362 g/mol. The number of carbonyl (C=O) groups excluding carboxylic acids is 1. The number of nitrogens with one attached hydrogen (secondary N) is 1. The zero-order valence-electron chi connectivity index (χ0n) is 16.2. The summed E-state index contributed by atoms with van der Waals surface area (Å²) in [7, 11) is 0. The van der Waals surface area contributed by atoms with Crippen molar-refractivity contribution in [1.29, 1.82) is 0 Å². The van der Waals surface area contributed by atoms with Crippen LogP contribution in [0.3, 0.4) is 0 Å². The van der Waals surface area contributed by atoms with E-state index in [4.69, 9.17) is 9.72 Å². The lowest BCUT2D eigenvalue weighted by Gasteiger charge is -2.12. The SMILES string of the molecule is CCOc1ccc(-c2cc(C(=O)NCCC(C)C)c3ccccc3n2)cc1. The molecule has 0 aliphatic heterocycles. The van der Waals surface area contributed by atoms with Crippen molar-refractivity contribution in [2.75, 3.05) is 13.2 Å². The maximum absolute atomic E-state index is 12.8. The first-order chi connectivity index (χ1) is 13.1. The van der Waals surface area contributed by atoms with Gasteiger partial charge in [-0.15, -0.1) is 0 Å². The van der Waals surface area contributed by atoms with Gasteiger partial charge < -0.3 is 10.1 Å². The lowest BCUT2D eigenvalue weighted by Crippen LogP contribution is -2.25. The number of aromatic nitrogens is 1. The number of fused-ring (bicyclic) bond motifs is 1. The second-order valence-corrected chi connectivity index (χ2v) is 6.97. The number of ether oxygens (including phenoxy) is 1. The van der Waals surface area contributed by atoms with Crippen LogP contribution in [0.5, 0.6) is 5.75 Å². The molecule has 2 aromatic carbocycles. The third-order valence-corrected chi connectivity index (χ3v) is 4.43. The van der Waals surface area contributed by atoms with Gasteiger partial charge in [-0.2, -0.15) is 0 Å². The highest BCUT2D eigenvalue weighted by molar-refractivity contribution is 6.07. The summed E-state index contributed by atoms with van der Waals surface area (Å²) in [4.78, 5) is 17.6. The number of rotatable bonds is 7. The molecule has 1 amide bonds. The van der Waals surface area contributed by atoms with E-state index < -0.39 is 0 Å². The second-order valence-electron chi connectivity index (χ2n) is 6.97. The fourth-order valence-electron chi connectivity index (χ4n) is 2.97. The Labute approximate surface area is 160 Å². The molecule has 3 aromatic rings. The molecule has 0 aliphatic carbocycles. The van der Waals surface area contributed by atoms with Crippen LogP contribution in [0.1, 0.15) is 37.6 Å². The Morgan fingerprint density at radius 1 is 1.11 bits per heavy atom. The number of hydrogen-bond acceptors (Lipinski definition) is 3. The summed E-state index contributed by atoms with van der Waals surface area (Å²) in [5, 5.41) is 3.91. The van der Waals surface area contributed by atoms with Crippen LogP contribution in [0.25, 0.3) is 22.2 Å². The molecule has 27 heavy (non-hydrogen) atoms. The summed E-state index contributed by atoms with van der Waals surface area (Å²) < 4.78 is 5.51. The number of para-hydroxylation sites is 1. The van der Waals surface area contributed by atoms with Crippen molar-refractivity contribution >= 4 is 16.8 Å². The number of hydrogen-bond donors (Lipinski definition) is 1. The monoisotopic (exact) mass is 362 g/mol. The molecule has 1 aromatic heterocycles. The number of amides is 1. The van der Waals surface area contributed by atoms with Gasteiger partial charge >= 0.3 is 0 Å². The van der Waals surface area contributed by atoms with Crippen LogP contribution in [0.2, 0.25) is 0 Å². The van der Waals surface area contributed by atoms with Crippen molar-refractivity contribution in [2.24, 2.45) is 5.92 Å². The molecule has 1 heterocycles. The van der Waals surface area contributed by atoms with Gasteiger partial charge in [0.15, 0.2) is 0 Å². The smallest absolute Gasteiger partial charge is 0.252 e. The van der Waals surface area contributed by atoms with Crippen molar-refractivity contribution in [2.45, 2.75) is 27.2 Å². The Hall–Kier alpha value is -2.88. The van der Waals surface area contributed by atoms with Gasteiger partial charge in [-0.3, -0.25) is 4.79 Å². The molecule has 3 rings (SSSR count). The minimum atomic E-state index is -0.0542. The van der Waals surface area contributed by atoms with Gasteiger partial charge in [0, 0.05) is 17.5 Å². The average Bonchev–Trinajstić information content (AvgIpc) is 2.67. The lowest BCUT2D eigenvalue weighted by molar-refractivity contribution is 0.0953. The van der Waals surface area contributed by atoms with E-state index in [2.05, 4.69) is 19.2 Å². The van der Waals surface area contributed by atoms with Crippen LogP contribution in [-0.4, -0.2) is 24.0 Å². The molecule has 0 atom stereocenters. The van der Waals surface area contributed by atoms with E-state index in [9.17, 15) is 4.79 Å². The molecular formula is C23H26N2O2. The fourth-order valence-corrected chi connectivity index (χ4v) is 2.97. The van der Waals surface area contributed by atoms with Crippen molar-refractivity contribution < 1.29 is 9.53 Å². The van der Waals surface area contributed by atoms with Crippen LogP contribution in [0.4, 0.5) is 0 Å². The van der Waals surface area contributed by atoms with Crippen LogP contribution in [0, 0.1) is 5.92 Å². The first-order valence-corrected chi connectivity index (χ1v) is 9.49. The van der Waals surface area contributed by atoms with Gasteiger partial charge in [-0.1, -0.05) is 32.0 Å². The van der Waals surface area contributed by atoms with E-state index in [1.807, 2.05) is 61.5 Å². The number of carbonyl (C=O) groups is 1.